The Morgan fingerprint density at radius 2 is 1.33 bits per heavy atom. The summed E-state index contributed by atoms with van der Waals surface area (Å²) in [6.45, 7) is 0. The van der Waals surface area contributed by atoms with Crippen molar-refractivity contribution in [1.82, 2.24) is 45.8 Å². The lowest BCUT2D eigenvalue weighted by Crippen LogP contribution is -2.26. The van der Waals surface area contributed by atoms with Crippen molar-refractivity contribution in [3.8, 4) is 11.4 Å². The van der Waals surface area contributed by atoms with E-state index in [1.807, 2.05) is 48.5 Å². The number of hydrogen-bond acceptors (Lipinski definition) is 9. The van der Waals surface area contributed by atoms with Crippen LogP contribution in [0.5, 0.6) is 0 Å². The number of rotatable bonds is 6. The van der Waals surface area contributed by atoms with Gasteiger partial charge in [0.2, 0.25) is 5.96 Å². The Bertz CT molecular complexity index is 1140. The molecule has 4 aromatic rings. The minimum atomic E-state index is 0.0538. The molecule has 0 saturated carbocycles. The molecule has 0 aliphatic carbocycles. The third kappa shape index (κ3) is 4.72. The van der Waals surface area contributed by atoms with Gasteiger partial charge >= 0.3 is 0 Å². The number of hydrazone groups is 1. The molecule has 4 rings (SSSR count). The van der Waals surface area contributed by atoms with Gasteiger partial charge in [-0.25, -0.2) is 14.8 Å². The van der Waals surface area contributed by atoms with E-state index in [9.17, 15) is 0 Å². The molecule has 0 atom stereocenters. The first-order valence-electron chi connectivity index (χ1n) is 8.60. The van der Waals surface area contributed by atoms with E-state index in [0.29, 0.717) is 0 Å². The molecule has 0 fully saturated rings. The van der Waals surface area contributed by atoms with Gasteiger partial charge in [-0.2, -0.15) is 10.2 Å². The molecule has 2 heterocycles. The minimum Gasteiger partial charge on any atom is -0.367 e. The number of aromatic nitrogens is 8. The third-order valence-corrected chi connectivity index (χ3v) is 3.78. The highest BCUT2D eigenvalue weighted by molar-refractivity contribution is 5.84. The number of nitrogens with one attached hydrogen (secondary N) is 1. The van der Waals surface area contributed by atoms with E-state index in [1.165, 1.54) is 12.7 Å². The molecule has 0 amide bonds. The van der Waals surface area contributed by atoms with Gasteiger partial charge in [-0.05, 0) is 56.2 Å². The quantitative estimate of drug-likeness (QED) is 0.257. The van der Waals surface area contributed by atoms with Crippen molar-refractivity contribution in [2.45, 2.75) is 0 Å². The molecule has 0 unspecified atom stereocenters. The first kappa shape index (κ1) is 18.5. The Morgan fingerprint density at radius 1 is 0.800 bits per heavy atom. The fourth-order valence-electron chi connectivity index (χ4n) is 2.34. The van der Waals surface area contributed by atoms with Crippen molar-refractivity contribution >= 4 is 18.4 Å². The van der Waals surface area contributed by atoms with Crippen LogP contribution in [0.2, 0.25) is 0 Å². The number of nitrogens with zero attached hydrogens (tertiary/aromatic N) is 11. The van der Waals surface area contributed by atoms with Gasteiger partial charge in [0.15, 0.2) is 0 Å². The number of guanidine groups is 1. The molecule has 0 aliphatic rings. The minimum absolute atomic E-state index is 0.0538. The molecule has 2 aromatic carbocycles. The molecule has 0 aliphatic heterocycles. The summed E-state index contributed by atoms with van der Waals surface area (Å²) in [5.41, 5.74) is 11.7. The summed E-state index contributed by atoms with van der Waals surface area (Å²) in [5, 5.41) is 33.8. The summed E-state index contributed by atoms with van der Waals surface area (Å²) in [7, 11) is 0. The van der Waals surface area contributed by atoms with E-state index < -0.39 is 0 Å². The van der Waals surface area contributed by atoms with Crippen molar-refractivity contribution in [3.63, 3.8) is 0 Å². The lowest BCUT2D eigenvalue weighted by Gasteiger charge is -2.00. The van der Waals surface area contributed by atoms with Crippen LogP contribution in [0.1, 0.15) is 11.1 Å². The van der Waals surface area contributed by atoms with Crippen LogP contribution < -0.4 is 11.2 Å². The van der Waals surface area contributed by atoms with Crippen LogP contribution in [-0.4, -0.2) is 58.8 Å². The van der Waals surface area contributed by atoms with Crippen LogP contribution in [0.25, 0.3) is 11.4 Å². The monoisotopic (exact) mass is 401 g/mol. The molecule has 2 aromatic heterocycles. The second-order valence-corrected chi connectivity index (χ2v) is 5.79. The summed E-state index contributed by atoms with van der Waals surface area (Å²) in [5.74, 6) is 0.0538. The fraction of sp³-hybridized carbons (Fsp3) is 0. The Morgan fingerprint density at radius 3 is 1.83 bits per heavy atom. The van der Waals surface area contributed by atoms with Gasteiger partial charge in [-0.15, -0.1) is 15.3 Å². The fourth-order valence-corrected chi connectivity index (χ4v) is 2.34. The topological polar surface area (TPSA) is 162 Å². The van der Waals surface area contributed by atoms with Crippen LogP contribution in [0.15, 0.2) is 76.5 Å². The SMILES string of the molecule is NC(=N/N=C/c1ccc(-n2cnnn2)cc1)N/N=C/c1ccc(-n2cnnn2)cc1. The van der Waals surface area contributed by atoms with Crippen LogP contribution in [0.4, 0.5) is 0 Å². The van der Waals surface area contributed by atoms with Crippen molar-refractivity contribution < 1.29 is 0 Å². The largest absolute Gasteiger partial charge is 0.367 e. The summed E-state index contributed by atoms with van der Waals surface area (Å²) in [6, 6.07) is 14.9. The molecule has 13 heteroatoms. The van der Waals surface area contributed by atoms with Crippen molar-refractivity contribution in [2.24, 2.45) is 21.0 Å². The predicted octanol–water partition coefficient (Wildman–Crippen LogP) is -0.0897. The zero-order valence-corrected chi connectivity index (χ0v) is 15.4. The molecule has 30 heavy (non-hydrogen) atoms. The molecule has 0 bridgehead atoms. The standard InChI is InChI=1S/C17H15N13/c18-17(23-19-9-13-1-5-15(6-2-13)29-11-21-25-27-29)24-20-10-14-3-7-16(8-4-14)30-12-22-26-28-30/h1-12H,(H3,18,23,24)/b19-9+,20-10+. The van der Waals surface area contributed by atoms with Gasteiger partial charge in [0.25, 0.3) is 0 Å². The molecule has 0 radical (unpaired) electrons. The lowest BCUT2D eigenvalue weighted by molar-refractivity contribution is 0.789. The Labute approximate surface area is 169 Å². The first-order chi connectivity index (χ1) is 14.8. The van der Waals surface area contributed by atoms with E-state index in [4.69, 9.17) is 5.73 Å². The Kier molecular flexibility index (Phi) is 5.51. The van der Waals surface area contributed by atoms with Crippen LogP contribution >= 0.6 is 0 Å². The average molecular weight is 401 g/mol. The van der Waals surface area contributed by atoms with Gasteiger partial charge in [0.1, 0.15) is 12.7 Å². The molecular formula is C17H15N13. The zero-order chi connectivity index (χ0) is 20.6. The van der Waals surface area contributed by atoms with E-state index >= 15 is 0 Å². The summed E-state index contributed by atoms with van der Waals surface area (Å²) in [6.07, 6.45) is 6.21. The molecule has 0 spiro atoms. The first-order valence-corrected chi connectivity index (χ1v) is 8.60. The summed E-state index contributed by atoms with van der Waals surface area (Å²) < 4.78 is 3.11. The van der Waals surface area contributed by atoms with E-state index in [1.54, 1.807) is 21.8 Å². The maximum atomic E-state index is 5.74. The molecule has 13 nitrogen and oxygen atoms in total. The smallest absolute Gasteiger partial charge is 0.234 e. The molecule has 148 valence electrons. The maximum Gasteiger partial charge on any atom is 0.234 e. The van der Waals surface area contributed by atoms with Gasteiger partial charge in [0.05, 0.1) is 23.8 Å². The highest BCUT2D eigenvalue weighted by atomic mass is 15.5. The van der Waals surface area contributed by atoms with Crippen molar-refractivity contribution in [1.29, 1.82) is 0 Å². The second-order valence-electron chi connectivity index (χ2n) is 5.79. The van der Waals surface area contributed by atoms with Gasteiger partial charge in [0, 0.05) is 0 Å². The highest BCUT2D eigenvalue weighted by Gasteiger charge is 1.98. The van der Waals surface area contributed by atoms with E-state index in [2.05, 4.69) is 51.8 Å². The average Bonchev–Trinajstić information content (AvgIpc) is 3.49. The second kappa shape index (κ2) is 8.92. The third-order valence-electron chi connectivity index (χ3n) is 3.78. The van der Waals surface area contributed by atoms with Gasteiger partial charge in [-0.1, -0.05) is 24.3 Å². The van der Waals surface area contributed by atoms with Crippen molar-refractivity contribution in [3.05, 3.63) is 72.3 Å². The zero-order valence-electron chi connectivity index (χ0n) is 15.4. The van der Waals surface area contributed by atoms with Gasteiger partial charge < -0.3 is 5.73 Å². The van der Waals surface area contributed by atoms with E-state index in [-0.39, 0.29) is 5.96 Å². The predicted molar refractivity (Wildman–Crippen MR) is 108 cm³/mol. The van der Waals surface area contributed by atoms with Gasteiger partial charge in [-0.3, -0.25) is 0 Å². The Balaban J connectivity index is 1.29. The molecular weight excluding hydrogens is 386 g/mol. The molecule has 3 N–H and O–H groups in total. The number of hydrogen-bond donors (Lipinski definition) is 2. The van der Waals surface area contributed by atoms with Crippen molar-refractivity contribution in [2.75, 3.05) is 0 Å². The number of tetrazole rings is 2. The lowest BCUT2D eigenvalue weighted by atomic mass is 10.2. The van der Waals surface area contributed by atoms with Crippen LogP contribution in [0, 0.1) is 0 Å². The van der Waals surface area contributed by atoms with E-state index in [0.717, 1.165) is 22.5 Å². The number of nitrogens with two attached hydrogens (primary N) is 1. The van der Waals surface area contributed by atoms with Crippen LogP contribution in [0.3, 0.4) is 0 Å². The summed E-state index contributed by atoms with van der Waals surface area (Å²) >= 11 is 0. The Hall–Kier alpha value is -4.81. The molecule has 0 saturated heterocycles. The normalized spacial score (nSPS) is 12.1. The highest BCUT2D eigenvalue weighted by Crippen LogP contribution is 2.07. The number of benzene rings is 2. The van der Waals surface area contributed by atoms with Crippen LogP contribution in [-0.2, 0) is 0 Å². The summed E-state index contributed by atoms with van der Waals surface area (Å²) in [4.78, 5) is 0. The maximum absolute atomic E-state index is 5.74.